The monoisotopic (exact) mass is 298 g/mol. The van der Waals surface area contributed by atoms with Gasteiger partial charge >= 0.3 is 5.69 Å². The van der Waals surface area contributed by atoms with E-state index in [4.69, 9.17) is 9.47 Å². The van der Waals surface area contributed by atoms with Gasteiger partial charge in [0.1, 0.15) is 5.82 Å². The van der Waals surface area contributed by atoms with Gasteiger partial charge < -0.3 is 20.1 Å². The normalized spacial score (nSPS) is 10.4. The Kier molecular flexibility index (Phi) is 8.07. The lowest BCUT2D eigenvalue weighted by Crippen LogP contribution is -2.11. The second-order valence-corrected chi connectivity index (χ2v) is 4.24. The minimum absolute atomic E-state index is 0.0306. The Bertz CT molecular complexity index is 442. The van der Waals surface area contributed by atoms with Crippen molar-refractivity contribution in [3.05, 3.63) is 22.2 Å². The van der Waals surface area contributed by atoms with E-state index in [1.165, 1.54) is 6.07 Å². The molecule has 0 fully saturated rings. The number of nitro groups is 1. The molecule has 0 bridgehead atoms. The Hall–Kier alpha value is -1.93. The van der Waals surface area contributed by atoms with Gasteiger partial charge in [-0.2, -0.15) is 0 Å². The van der Waals surface area contributed by atoms with Crippen LogP contribution in [0.5, 0.6) is 0 Å². The Morgan fingerprint density at radius 3 is 2.76 bits per heavy atom. The van der Waals surface area contributed by atoms with E-state index in [2.05, 4.69) is 15.6 Å². The van der Waals surface area contributed by atoms with Crippen LogP contribution in [-0.4, -0.2) is 49.9 Å². The van der Waals surface area contributed by atoms with Gasteiger partial charge in [-0.15, -0.1) is 0 Å². The summed E-state index contributed by atoms with van der Waals surface area (Å²) in [5, 5.41) is 17.0. The first-order valence-corrected chi connectivity index (χ1v) is 6.89. The number of ether oxygens (including phenoxy) is 2. The molecule has 0 radical (unpaired) electrons. The summed E-state index contributed by atoms with van der Waals surface area (Å²) in [6.07, 6.45) is 0.730. The second kappa shape index (κ2) is 9.89. The molecule has 0 aliphatic carbocycles. The van der Waals surface area contributed by atoms with Gasteiger partial charge in [-0.3, -0.25) is 10.1 Å². The maximum atomic E-state index is 11.0. The summed E-state index contributed by atoms with van der Waals surface area (Å²) in [4.78, 5) is 14.7. The van der Waals surface area contributed by atoms with Crippen LogP contribution in [0.15, 0.2) is 12.1 Å². The highest BCUT2D eigenvalue weighted by molar-refractivity contribution is 5.60. The molecule has 1 heterocycles. The lowest BCUT2D eigenvalue weighted by Gasteiger charge is -2.09. The first kappa shape index (κ1) is 17.1. The summed E-state index contributed by atoms with van der Waals surface area (Å²) in [5.74, 6) is 0.886. The van der Waals surface area contributed by atoms with Crippen molar-refractivity contribution >= 4 is 17.3 Å². The molecule has 118 valence electrons. The van der Waals surface area contributed by atoms with E-state index in [0.717, 1.165) is 6.42 Å². The zero-order valence-corrected chi connectivity index (χ0v) is 12.4. The van der Waals surface area contributed by atoms with E-state index in [0.29, 0.717) is 38.7 Å². The summed E-state index contributed by atoms with van der Waals surface area (Å²) >= 11 is 0. The fraction of sp³-hybridized carbons (Fsp3) is 0.615. The maximum absolute atomic E-state index is 11.0. The highest BCUT2D eigenvalue weighted by Gasteiger charge is 2.15. The molecule has 0 saturated heterocycles. The van der Waals surface area contributed by atoms with Gasteiger partial charge in [0.15, 0.2) is 0 Å². The maximum Gasteiger partial charge on any atom is 0.311 e. The molecule has 0 saturated carbocycles. The molecule has 0 aromatic carbocycles. The van der Waals surface area contributed by atoms with Crippen molar-refractivity contribution < 1.29 is 14.4 Å². The molecule has 0 aliphatic heterocycles. The molecule has 8 heteroatoms. The number of anilines is 2. The summed E-state index contributed by atoms with van der Waals surface area (Å²) in [6.45, 7) is 4.87. The summed E-state index contributed by atoms with van der Waals surface area (Å²) < 4.78 is 10.2. The largest absolute Gasteiger partial charge is 0.382 e. The SMILES string of the molecule is CCNc1ccc([N+](=O)[O-])c(NCCCOCCOC)n1. The van der Waals surface area contributed by atoms with Gasteiger partial charge in [-0.25, -0.2) is 4.98 Å². The molecule has 0 spiro atoms. The number of aromatic nitrogens is 1. The van der Waals surface area contributed by atoms with Crippen LogP contribution in [0.1, 0.15) is 13.3 Å². The quantitative estimate of drug-likeness (QED) is 0.365. The predicted octanol–water partition coefficient (Wildman–Crippen LogP) is 1.89. The molecule has 1 aromatic heterocycles. The van der Waals surface area contributed by atoms with Crippen LogP contribution in [0.25, 0.3) is 0 Å². The Morgan fingerprint density at radius 1 is 1.29 bits per heavy atom. The number of nitrogens with zero attached hydrogens (tertiary/aromatic N) is 2. The third-order valence-electron chi connectivity index (χ3n) is 2.62. The lowest BCUT2D eigenvalue weighted by atomic mass is 10.3. The highest BCUT2D eigenvalue weighted by atomic mass is 16.6. The van der Waals surface area contributed by atoms with Crippen LogP contribution < -0.4 is 10.6 Å². The molecule has 21 heavy (non-hydrogen) atoms. The summed E-state index contributed by atoms with van der Waals surface area (Å²) in [7, 11) is 1.62. The molecule has 8 nitrogen and oxygen atoms in total. The van der Waals surface area contributed by atoms with Crippen molar-refractivity contribution in [2.24, 2.45) is 0 Å². The molecule has 1 rings (SSSR count). The van der Waals surface area contributed by atoms with E-state index < -0.39 is 4.92 Å². The Morgan fingerprint density at radius 2 is 2.10 bits per heavy atom. The van der Waals surface area contributed by atoms with Gasteiger partial charge in [0.05, 0.1) is 18.1 Å². The van der Waals surface area contributed by atoms with E-state index >= 15 is 0 Å². The Labute approximate surface area is 124 Å². The standard InChI is InChI=1S/C13H22N4O4/c1-3-14-12-6-5-11(17(18)19)13(16-12)15-7-4-8-21-10-9-20-2/h5-6H,3-4,7-10H2,1-2H3,(H2,14,15,16). The van der Waals surface area contributed by atoms with E-state index in [-0.39, 0.29) is 11.5 Å². The molecule has 0 amide bonds. The Balaban J connectivity index is 2.47. The van der Waals surface area contributed by atoms with E-state index in [1.807, 2.05) is 6.92 Å². The van der Waals surface area contributed by atoms with Crippen LogP contribution >= 0.6 is 0 Å². The lowest BCUT2D eigenvalue weighted by molar-refractivity contribution is -0.384. The van der Waals surface area contributed by atoms with Crippen LogP contribution in [-0.2, 0) is 9.47 Å². The molecule has 0 aliphatic rings. The fourth-order valence-electron chi connectivity index (χ4n) is 1.63. The van der Waals surface area contributed by atoms with Crippen LogP contribution in [0.3, 0.4) is 0 Å². The third-order valence-corrected chi connectivity index (χ3v) is 2.62. The van der Waals surface area contributed by atoms with Crippen molar-refractivity contribution in [2.75, 3.05) is 50.7 Å². The number of rotatable bonds is 11. The zero-order chi connectivity index (χ0) is 15.5. The summed E-state index contributed by atoms with van der Waals surface area (Å²) in [6, 6.07) is 3.04. The molecular weight excluding hydrogens is 276 g/mol. The van der Waals surface area contributed by atoms with Crippen LogP contribution in [0.2, 0.25) is 0 Å². The van der Waals surface area contributed by atoms with Gasteiger partial charge in [-0.1, -0.05) is 0 Å². The number of hydrogen-bond acceptors (Lipinski definition) is 7. The van der Waals surface area contributed by atoms with Crippen molar-refractivity contribution in [3.63, 3.8) is 0 Å². The highest BCUT2D eigenvalue weighted by Crippen LogP contribution is 2.23. The molecule has 1 aromatic rings. The van der Waals surface area contributed by atoms with E-state index in [1.54, 1.807) is 13.2 Å². The molecule has 0 unspecified atom stereocenters. The van der Waals surface area contributed by atoms with Crippen LogP contribution in [0.4, 0.5) is 17.3 Å². The first-order valence-electron chi connectivity index (χ1n) is 6.89. The third kappa shape index (κ3) is 6.37. The minimum Gasteiger partial charge on any atom is -0.382 e. The molecular formula is C13H22N4O4. The zero-order valence-electron chi connectivity index (χ0n) is 12.4. The summed E-state index contributed by atoms with van der Waals surface area (Å²) in [5.41, 5.74) is -0.0306. The molecule has 0 atom stereocenters. The van der Waals surface area contributed by atoms with Gasteiger partial charge in [0.2, 0.25) is 5.82 Å². The molecule has 2 N–H and O–H groups in total. The van der Waals surface area contributed by atoms with Gasteiger partial charge in [0, 0.05) is 32.9 Å². The predicted molar refractivity (Wildman–Crippen MR) is 80.9 cm³/mol. The topological polar surface area (TPSA) is 98.6 Å². The van der Waals surface area contributed by atoms with Gasteiger partial charge in [-0.05, 0) is 19.4 Å². The first-order chi connectivity index (χ1) is 10.2. The van der Waals surface area contributed by atoms with Crippen molar-refractivity contribution in [1.82, 2.24) is 4.98 Å². The van der Waals surface area contributed by atoms with Crippen molar-refractivity contribution in [3.8, 4) is 0 Å². The van der Waals surface area contributed by atoms with Crippen LogP contribution in [0, 0.1) is 10.1 Å². The smallest absolute Gasteiger partial charge is 0.311 e. The van der Waals surface area contributed by atoms with Crippen molar-refractivity contribution in [2.45, 2.75) is 13.3 Å². The average Bonchev–Trinajstić information content (AvgIpc) is 2.46. The second-order valence-electron chi connectivity index (χ2n) is 4.24. The van der Waals surface area contributed by atoms with Crippen molar-refractivity contribution in [1.29, 1.82) is 0 Å². The van der Waals surface area contributed by atoms with E-state index in [9.17, 15) is 10.1 Å². The fourth-order valence-corrected chi connectivity index (χ4v) is 1.63. The number of hydrogen-bond donors (Lipinski definition) is 2. The van der Waals surface area contributed by atoms with Gasteiger partial charge in [0.25, 0.3) is 0 Å². The number of methoxy groups -OCH3 is 1. The minimum atomic E-state index is -0.444. The number of nitrogens with one attached hydrogen (secondary N) is 2. The average molecular weight is 298 g/mol. The number of pyridine rings is 1.